The van der Waals surface area contributed by atoms with Crippen LogP contribution in [0.1, 0.15) is 39.5 Å². The van der Waals surface area contributed by atoms with E-state index < -0.39 is 0 Å². The molecule has 0 bridgehead atoms. The first-order chi connectivity index (χ1) is 10.7. The van der Waals surface area contributed by atoms with E-state index in [2.05, 4.69) is 27.9 Å². The fourth-order valence-corrected chi connectivity index (χ4v) is 4.05. The maximum absolute atomic E-state index is 12.3. The van der Waals surface area contributed by atoms with Crippen molar-refractivity contribution in [2.45, 2.75) is 62.5 Å². The van der Waals surface area contributed by atoms with E-state index in [9.17, 15) is 4.79 Å². The summed E-state index contributed by atoms with van der Waals surface area (Å²) in [5, 5.41) is 3.98. The molecule has 1 heterocycles. The van der Waals surface area contributed by atoms with Crippen molar-refractivity contribution in [2.75, 3.05) is 0 Å². The first-order valence-electron chi connectivity index (χ1n) is 8.11. The lowest BCUT2D eigenvalue weighted by Crippen LogP contribution is -2.37. The van der Waals surface area contributed by atoms with Gasteiger partial charge >= 0.3 is 0 Å². The van der Waals surface area contributed by atoms with Crippen LogP contribution < -0.4 is 5.32 Å². The summed E-state index contributed by atoms with van der Waals surface area (Å²) in [7, 11) is 0. The molecule has 22 heavy (non-hydrogen) atoms. The molecule has 1 aromatic carbocycles. The van der Waals surface area contributed by atoms with Gasteiger partial charge in [-0.05, 0) is 38.8 Å². The molecular formula is C17H23N3OS. The molecule has 1 fully saturated rings. The van der Waals surface area contributed by atoms with Crippen molar-refractivity contribution >= 4 is 28.7 Å². The minimum atomic E-state index is -0.122. The van der Waals surface area contributed by atoms with E-state index in [1.165, 1.54) is 12.8 Å². The average Bonchev–Trinajstić information content (AvgIpc) is 3.13. The van der Waals surface area contributed by atoms with E-state index in [4.69, 9.17) is 0 Å². The van der Waals surface area contributed by atoms with E-state index in [0.717, 1.165) is 35.6 Å². The molecule has 0 unspecified atom stereocenters. The number of nitrogens with zero attached hydrogens (tertiary/aromatic N) is 2. The smallest absolute Gasteiger partial charge is 0.233 e. The third kappa shape index (κ3) is 3.14. The highest BCUT2D eigenvalue weighted by Gasteiger charge is 2.23. The number of aryl methyl sites for hydroxylation is 1. The number of fused-ring (bicyclic) bond motifs is 1. The molecule has 0 spiro atoms. The Bertz CT molecular complexity index is 661. The van der Waals surface area contributed by atoms with Crippen molar-refractivity contribution in [1.82, 2.24) is 14.9 Å². The second-order valence-corrected chi connectivity index (χ2v) is 7.19. The Kier molecular flexibility index (Phi) is 4.71. The van der Waals surface area contributed by atoms with Gasteiger partial charge in [-0.2, -0.15) is 0 Å². The molecule has 1 aromatic heterocycles. The fourth-order valence-electron chi connectivity index (χ4n) is 3.05. The first kappa shape index (κ1) is 15.4. The molecule has 5 heteroatoms. The van der Waals surface area contributed by atoms with Crippen LogP contribution in [0.4, 0.5) is 0 Å². The topological polar surface area (TPSA) is 46.9 Å². The second kappa shape index (κ2) is 6.73. The van der Waals surface area contributed by atoms with Crippen LogP contribution in [0.15, 0.2) is 29.4 Å². The van der Waals surface area contributed by atoms with E-state index in [-0.39, 0.29) is 11.2 Å². The maximum atomic E-state index is 12.3. The van der Waals surface area contributed by atoms with Gasteiger partial charge in [0.1, 0.15) is 0 Å². The molecule has 4 nitrogen and oxygen atoms in total. The van der Waals surface area contributed by atoms with Crippen molar-refractivity contribution < 1.29 is 4.79 Å². The lowest BCUT2D eigenvalue weighted by Gasteiger charge is -2.16. The van der Waals surface area contributed by atoms with Crippen LogP contribution in [0.25, 0.3) is 11.0 Å². The molecule has 2 aromatic rings. The van der Waals surface area contributed by atoms with E-state index in [1.807, 2.05) is 25.1 Å². The number of carbonyl (C=O) groups is 1. The summed E-state index contributed by atoms with van der Waals surface area (Å²) < 4.78 is 2.18. The summed E-state index contributed by atoms with van der Waals surface area (Å²) in [4.78, 5) is 17.0. The third-order valence-electron chi connectivity index (χ3n) is 4.29. The van der Waals surface area contributed by atoms with Crippen LogP contribution in [0.5, 0.6) is 0 Å². The fraction of sp³-hybridized carbons (Fsp3) is 0.529. The van der Waals surface area contributed by atoms with Crippen LogP contribution >= 0.6 is 11.8 Å². The lowest BCUT2D eigenvalue weighted by molar-refractivity contribution is -0.120. The van der Waals surface area contributed by atoms with E-state index in [1.54, 1.807) is 11.8 Å². The van der Waals surface area contributed by atoms with Crippen LogP contribution in [0, 0.1) is 0 Å². The summed E-state index contributed by atoms with van der Waals surface area (Å²) >= 11 is 1.55. The molecule has 0 saturated heterocycles. The minimum Gasteiger partial charge on any atom is -0.352 e. The molecule has 1 atom stereocenters. The Labute approximate surface area is 135 Å². The third-order valence-corrected chi connectivity index (χ3v) is 5.38. The molecule has 1 N–H and O–H groups in total. The molecule has 0 radical (unpaired) electrons. The van der Waals surface area contributed by atoms with Crippen LogP contribution in [0.3, 0.4) is 0 Å². The number of amides is 1. The van der Waals surface area contributed by atoms with Crippen LogP contribution in [-0.4, -0.2) is 26.8 Å². The first-order valence-corrected chi connectivity index (χ1v) is 8.99. The van der Waals surface area contributed by atoms with Gasteiger partial charge in [0.25, 0.3) is 0 Å². The van der Waals surface area contributed by atoms with Gasteiger partial charge in [0.2, 0.25) is 5.91 Å². The van der Waals surface area contributed by atoms with Crippen molar-refractivity contribution in [3.8, 4) is 0 Å². The van der Waals surface area contributed by atoms with Gasteiger partial charge < -0.3 is 9.88 Å². The summed E-state index contributed by atoms with van der Waals surface area (Å²) in [5.74, 6) is 0.131. The largest absolute Gasteiger partial charge is 0.352 e. The zero-order valence-electron chi connectivity index (χ0n) is 13.2. The number of benzene rings is 1. The second-order valence-electron chi connectivity index (χ2n) is 5.88. The number of imidazole rings is 1. The highest BCUT2D eigenvalue weighted by Crippen LogP contribution is 2.27. The minimum absolute atomic E-state index is 0.122. The molecule has 0 aliphatic heterocycles. The van der Waals surface area contributed by atoms with Gasteiger partial charge in [-0.1, -0.05) is 36.7 Å². The van der Waals surface area contributed by atoms with Crippen molar-refractivity contribution in [1.29, 1.82) is 0 Å². The van der Waals surface area contributed by atoms with E-state index in [0.29, 0.717) is 6.04 Å². The van der Waals surface area contributed by atoms with Gasteiger partial charge in [0.05, 0.1) is 16.3 Å². The normalized spacial score (nSPS) is 17.0. The molecule has 1 saturated carbocycles. The SMILES string of the molecule is CCn1c(S[C@@H](C)C(=O)NC2CCCC2)nc2ccccc21. The highest BCUT2D eigenvalue weighted by atomic mass is 32.2. The Morgan fingerprint density at radius 3 is 2.86 bits per heavy atom. The summed E-state index contributed by atoms with van der Waals surface area (Å²) in [6, 6.07) is 8.51. The number of nitrogens with one attached hydrogen (secondary N) is 1. The van der Waals surface area contributed by atoms with Crippen LogP contribution in [-0.2, 0) is 11.3 Å². The number of carbonyl (C=O) groups excluding carboxylic acids is 1. The molecule has 118 valence electrons. The van der Waals surface area contributed by atoms with Gasteiger partial charge in [-0.15, -0.1) is 0 Å². The van der Waals surface area contributed by atoms with Crippen molar-refractivity contribution in [2.24, 2.45) is 0 Å². The maximum Gasteiger partial charge on any atom is 0.233 e. The lowest BCUT2D eigenvalue weighted by atomic mass is 10.2. The predicted octanol–water partition coefficient (Wildman–Crippen LogP) is 3.60. The zero-order chi connectivity index (χ0) is 15.5. The Morgan fingerprint density at radius 2 is 2.14 bits per heavy atom. The summed E-state index contributed by atoms with van der Waals surface area (Å²) in [5.41, 5.74) is 2.13. The predicted molar refractivity (Wildman–Crippen MR) is 91.1 cm³/mol. The van der Waals surface area contributed by atoms with Crippen LogP contribution in [0.2, 0.25) is 0 Å². The summed E-state index contributed by atoms with van der Waals surface area (Å²) in [6.07, 6.45) is 4.71. The van der Waals surface area contributed by atoms with Gasteiger partial charge in [-0.25, -0.2) is 4.98 Å². The molecule has 3 rings (SSSR count). The number of rotatable bonds is 5. The number of para-hydroxylation sites is 2. The summed E-state index contributed by atoms with van der Waals surface area (Å²) in [6.45, 7) is 4.94. The Balaban J connectivity index is 1.72. The quantitative estimate of drug-likeness (QED) is 0.857. The van der Waals surface area contributed by atoms with Gasteiger partial charge in [-0.3, -0.25) is 4.79 Å². The van der Waals surface area contributed by atoms with Crippen molar-refractivity contribution in [3.05, 3.63) is 24.3 Å². The Morgan fingerprint density at radius 1 is 1.41 bits per heavy atom. The number of hydrogen-bond acceptors (Lipinski definition) is 3. The van der Waals surface area contributed by atoms with Gasteiger partial charge in [0, 0.05) is 12.6 Å². The zero-order valence-corrected chi connectivity index (χ0v) is 14.0. The van der Waals surface area contributed by atoms with Gasteiger partial charge in [0.15, 0.2) is 5.16 Å². The molecular weight excluding hydrogens is 294 g/mol. The molecule has 1 aliphatic rings. The average molecular weight is 317 g/mol. The number of aromatic nitrogens is 2. The number of thioether (sulfide) groups is 1. The number of hydrogen-bond donors (Lipinski definition) is 1. The molecule has 1 amide bonds. The Hall–Kier alpha value is -1.49. The van der Waals surface area contributed by atoms with Crippen molar-refractivity contribution in [3.63, 3.8) is 0 Å². The highest BCUT2D eigenvalue weighted by molar-refractivity contribution is 8.00. The standard InChI is InChI=1S/C17H23N3OS/c1-3-20-15-11-7-6-10-14(15)19-17(20)22-12(2)16(21)18-13-8-4-5-9-13/h6-7,10-13H,3-5,8-9H2,1-2H3,(H,18,21)/t12-/m0/s1. The van der Waals surface area contributed by atoms with E-state index >= 15 is 0 Å². The monoisotopic (exact) mass is 317 g/mol. The molecule has 1 aliphatic carbocycles.